The highest BCUT2D eigenvalue weighted by atomic mass is 35.5. The summed E-state index contributed by atoms with van der Waals surface area (Å²) >= 11 is 5.83. The maximum absolute atomic E-state index is 12.8. The highest BCUT2D eigenvalue weighted by molar-refractivity contribution is 6.30. The molecular formula is C19H16ClFN4O3. The first kappa shape index (κ1) is 19.5. The van der Waals surface area contributed by atoms with Crippen LogP contribution in [0.2, 0.25) is 5.02 Å². The molecular weight excluding hydrogens is 387 g/mol. The number of hydrogen-bond acceptors (Lipinski definition) is 5. The largest absolute Gasteiger partial charge is 0.354 e. The monoisotopic (exact) mass is 402 g/mol. The lowest BCUT2D eigenvalue weighted by Crippen LogP contribution is -2.35. The zero-order valence-corrected chi connectivity index (χ0v) is 15.4. The number of carbonyl (C=O) groups excluding carboxylic acids is 2. The Kier molecular flexibility index (Phi) is 6.33. The minimum Gasteiger partial charge on any atom is -0.354 e. The van der Waals surface area contributed by atoms with Crippen LogP contribution in [-0.4, -0.2) is 35.0 Å². The van der Waals surface area contributed by atoms with E-state index in [0.29, 0.717) is 16.1 Å². The van der Waals surface area contributed by atoms with Crippen molar-refractivity contribution in [2.45, 2.75) is 6.42 Å². The van der Waals surface area contributed by atoms with E-state index < -0.39 is 5.91 Å². The van der Waals surface area contributed by atoms with Crippen molar-refractivity contribution in [1.29, 1.82) is 0 Å². The molecule has 0 aliphatic rings. The second-order valence-corrected chi connectivity index (χ2v) is 6.28. The molecule has 3 aromatic rings. The number of rotatable bonds is 7. The van der Waals surface area contributed by atoms with Crippen LogP contribution < -0.4 is 10.6 Å². The zero-order valence-electron chi connectivity index (χ0n) is 14.6. The Morgan fingerprint density at radius 1 is 1.00 bits per heavy atom. The molecule has 7 nitrogen and oxygen atoms in total. The van der Waals surface area contributed by atoms with Crippen molar-refractivity contribution in [2.24, 2.45) is 0 Å². The van der Waals surface area contributed by atoms with E-state index in [4.69, 9.17) is 16.1 Å². The van der Waals surface area contributed by atoms with E-state index in [1.807, 2.05) is 0 Å². The first-order chi connectivity index (χ1) is 13.5. The van der Waals surface area contributed by atoms with Crippen molar-refractivity contribution >= 4 is 23.4 Å². The predicted molar refractivity (Wildman–Crippen MR) is 100 cm³/mol. The molecule has 28 heavy (non-hydrogen) atoms. The Bertz CT molecular complexity index is 958. The summed E-state index contributed by atoms with van der Waals surface area (Å²) in [6, 6.07) is 12.5. The van der Waals surface area contributed by atoms with Gasteiger partial charge < -0.3 is 15.2 Å². The highest BCUT2D eigenvalue weighted by Crippen LogP contribution is 2.18. The van der Waals surface area contributed by atoms with Gasteiger partial charge in [0.1, 0.15) is 5.82 Å². The fraction of sp³-hybridized carbons (Fsp3) is 0.158. The Balaban J connectivity index is 1.42. The lowest BCUT2D eigenvalue weighted by molar-refractivity contribution is -0.120. The summed E-state index contributed by atoms with van der Waals surface area (Å²) in [5, 5.41) is 9.58. The molecule has 0 saturated carbocycles. The average molecular weight is 403 g/mol. The molecule has 0 saturated heterocycles. The number of carbonyl (C=O) groups is 2. The van der Waals surface area contributed by atoms with Gasteiger partial charge in [0.2, 0.25) is 11.7 Å². The standard InChI is InChI=1S/C19H16ClFN4O3/c20-14-5-3-13(4-6-14)17-24-19(28-25-17)18(27)23-10-9-22-16(26)11-12-1-7-15(21)8-2-12/h1-8H,9-11H2,(H,22,26)(H,23,27). The Hall–Kier alpha value is -3.26. The van der Waals surface area contributed by atoms with Crippen LogP contribution in [0.25, 0.3) is 11.4 Å². The van der Waals surface area contributed by atoms with Crippen LogP contribution >= 0.6 is 11.6 Å². The number of nitrogens with one attached hydrogen (secondary N) is 2. The van der Waals surface area contributed by atoms with Crippen LogP contribution in [0.4, 0.5) is 4.39 Å². The van der Waals surface area contributed by atoms with Crippen molar-refractivity contribution in [3.63, 3.8) is 0 Å². The van der Waals surface area contributed by atoms with Crippen LogP contribution in [0.3, 0.4) is 0 Å². The molecule has 9 heteroatoms. The van der Waals surface area contributed by atoms with Gasteiger partial charge >= 0.3 is 11.8 Å². The summed E-state index contributed by atoms with van der Waals surface area (Å²) in [7, 11) is 0. The van der Waals surface area contributed by atoms with E-state index in [9.17, 15) is 14.0 Å². The summed E-state index contributed by atoms with van der Waals surface area (Å²) in [5.74, 6) is -1.03. The summed E-state index contributed by atoms with van der Waals surface area (Å²) in [5.41, 5.74) is 1.36. The van der Waals surface area contributed by atoms with E-state index in [1.165, 1.54) is 12.1 Å². The van der Waals surface area contributed by atoms with Crippen molar-refractivity contribution in [3.8, 4) is 11.4 Å². The second kappa shape index (κ2) is 9.09. The van der Waals surface area contributed by atoms with E-state index in [0.717, 1.165) is 0 Å². The summed E-state index contributed by atoms with van der Waals surface area (Å²) in [6.45, 7) is 0.413. The zero-order chi connectivity index (χ0) is 19.9. The first-order valence-electron chi connectivity index (χ1n) is 8.40. The van der Waals surface area contributed by atoms with Gasteiger partial charge in [-0.1, -0.05) is 28.9 Å². The molecule has 1 aromatic heterocycles. The molecule has 2 N–H and O–H groups in total. The summed E-state index contributed by atoms with van der Waals surface area (Å²) in [6.07, 6.45) is 0.127. The third-order valence-corrected chi connectivity index (χ3v) is 3.99. The van der Waals surface area contributed by atoms with E-state index in [2.05, 4.69) is 20.8 Å². The molecule has 0 radical (unpaired) electrons. The van der Waals surface area contributed by atoms with Crippen LogP contribution in [-0.2, 0) is 11.2 Å². The molecule has 2 aromatic carbocycles. The van der Waals surface area contributed by atoms with Gasteiger partial charge in [0.15, 0.2) is 0 Å². The van der Waals surface area contributed by atoms with Gasteiger partial charge in [0.25, 0.3) is 0 Å². The van der Waals surface area contributed by atoms with Crippen LogP contribution in [0.15, 0.2) is 53.1 Å². The minimum absolute atomic E-state index is 0.127. The predicted octanol–water partition coefficient (Wildman–Crippen LogP) is 2.62. The summed E-state index contributed by atoms with van der Waals surface area (Å²) < 4.78 is 17.8. The minimum atomic E-state index is -0.541. The van der Waals surface area contributed by atoms with E-state index in [-0.39, 0.29) is 42.9 Å². The molecule has 0 fully saturated rings. The highest BCUT2D eigenvalue weighted by Gasteiger charge is 2.15. The lowest BCUT2D eigenvalue weighted by atomic mass is 10.1. The molecule has 0 unspecified atom stereocenters. The molecule has 0 aliphatic heterocycles. The fourth-order valence-electron chi connectivity index (χ4n) is 2.34. The van der Waals surface area contributed by atoms with Gasteiger partial charge in [-0.05, 0) is 42.0 Å². The molecule has 144 valence electrons. The number of nitrogens with zero attached hydrogens (tertiary/aromatic N) is 2. The van der Waals surface area contributed by atoms with E-state index >= 15 is 0 Å². The molecule has 0 atom stereocenters. The normalized spacial score (nSPS) is 10.5. The van der Waals surface area contributed by atoms with Gasteiger partial charge in [-0.3, -0.25) is 9.59 Å². The Morgan fingerprint density at radius 3 is 2.39 bits per heavy atom. The van der Waals surface area contributed by atoms with Gasteiger partial charge in [-0.25, -0.2) is 4.39 Å². The third kappa shape index (κ3) is 5.37. The summed E-state index contributed by atoms with van der Waals surface area (Å²) in [4.78, 5) is 27.9. The van der Waals surface area contributed by atoms with Crippen molar-refractivity contribution in [1.82, 2.24) is 20.8 Å². The number of hydrogen-bond donors (Lipinski definition) is 2. The van der Waals surface area contributed by atoms with Crippen molar-refractivity contribution < 1.29 is 18.5 Å². The van der Waals surface area contributed by atoms with Crippen LogP contribution in [0.1, 0.15) is 16.2 Å². The van der Waals surface area contributed by atoms with Crippen molar-refractivity contribution in [2.75, 3.05) is 13.1 Å². The molecule has 0 aliphatic carbocycles. The molecule has 0 bridgehead atoms. The Labute approximate surface area is 164 Å². The third-order valence-electron chi connectivity index (χ3n) is 3.73. The first-order valence-corrected chi connectivity index (χ1v) is 8.78. The van der Waals surface area contributed by atoms with Gasteiger partial charge in [0, 0.05) is 23.7 Å². The maximum atomic E-state index is 12.8. The molecule has 3 rings (SSSR count). The van der Waals surface area contributed by atoms with Crippen molar-refractivity contribution in [3.05, 3.63) is 70.8 Å². The molecule has 0 spiro atoms. The molecule has 1 heterocycles. The number of aromatic nitrogens is 2. The van der Waals surface area contributed by atoms with Crippen LogP contribution in [0.5, 0.6) is 0 Å². The Morgan fingerprint density at radius 2 is 1.68 bits per heavy atom. The fourth-order valence-corrected chi connectivity index (χ4v) is 2.46. The SMILES string of the molecule is O=C(Cc1ccc(F)cc1)NCCNC(=O)c1nc(-c2ccc(Cl)cc2)no1. The number of amides is 2. The number of benzene rings is 2. The average Bonchev–Trinajstić information content (AvgIpc) is 3.18. The lowest BCUT2D eigenvalue weighted by Gasteiger charge is -2.06. The van der Waals surface area contributed by atoms with Crippen LogP contribution in [0, 0.1) is 5.82 Å². The van der Waals surface area contributed by atoms with Gasteiger partial charge in [0.05, 0.1) is 6.42 Å². The van der Waals surface area contributed by atoms with Gasteiger partial charge in [-0.15, -0.1) is 0 Å². The quantitative estimate of drug-likeness (QED) is 0.592. The smallest absolute Gasteiger partial charge is 0.316 e. The van der Waals surface area contributed by atoms with E-state index in [1.54, 1.807) is 36.4 Å². The maximum Gasteiger partial charge on any atom is 0.316 e. The molecule has 2 amide bonds. The topological polar surface area (TPSA) is 97.1 Å². The number of halogens is 2. The second-order valence-electron chi connectivity index (χ2n) is 5.84. The van der Waals surface area contributed by atoms with Gasteiger partial charge in [-0.2, -0.15) is 4.98 Å².